The van der Waals surface area contributed by atoms with Crippen LogP contribution in [0.25, 0.3) is 0 Å². The second-order valence-corrected chi connectivity index (χ2v) is 7.02. The van der Waals surface area contributed by atoms with E-state index in [1.165, 1.54) is 25.7 Å². The van der Waals surface area contributed by atoms with E-state index in [0.29, 0.717) is 11.8 Å². The van der Waals surface area contributed by atoms with E-state index in [1.807, 2.05) is 0 Å². The molecule has 0 aliphatic heterocycles. The van der Waals surface area contributed by atoms with Gasteiger partial charge in [0.1, 0.15) is 0 Å². The van der Waals surface area contributed by atoms with Gasteiger partial charge in [-0.15, -0.1) is 0 Å². The molecule has 0 spiro atoms. The van der Waals surface area contributed by atoms with E-state index in [-0.39, 0.29) is 5.41 Å². The molecule has 0 bridgehead atoms. The summed E-state index contributed by atoms with van der Waals surface area (Å²) in [4.78, 5) is 11.7. The maximum atomic E-state index is 11.7. The van der Waals surface area contributed by atoms with Gasteiger partial charge < -0.3 is 5.11 Å². The van der Waals surface area contributed by atoms with Crippen LogP contribution in [0.5, 0.6) is 0 Å². The van der Waals surface area contributed by atoms with Gasteiger partial charge in [0.05, 0.1) is 5.41 Å². The Kier molecular flexibility index (Phi) is 4.34. The Morgan fingerprint density at radius 2 is 1.72 bits per heavy atom. The molecule has 0 radical (unpaired) electrons. The summed E-state index contributed by atoms with van der Waals surface area (Å²) >= 11 is 0. The number of carboxylic acids is 1. The van der Waals surface area contributed by atoms with Crippen molar-refractivity contribution >= 4 is 5.97 Å². The summed E-state index contributed by atoms with van der Waals surface area (Å²) in [7, 11) is 0. The standard InChI is InChI=1S/C16H28O2/c1-12(2)14-7-9-16(10-8-14,15(17)18)11-13-5-3-4-6-13/h12-14H,3-11H2,1-2H3,(H,17,18). The molecule has 0 aromatic rings. The largest absolute Gasteiger partial charge is 0.481 e. The Balaban J connectivity index is 1.98. The normalized spacial score (nSPS) is 34.1. The lowest BCUT2D eigenvalue weighted by atomic mass is 9.64. The second-order valence-electron chi connectivity index (χ2n) is 7.02. The summed E-state index contributed by atoms with van der Waals surface area (Å²) in [6, 6.07) is 0. The molecule has 0 aromatic heterocycles. The number of carboxylic acid groups (broad SMARTS) is 1. The van der Waals surface area contributed by atoms with Crippen molar-refractivity contribution in [2.75, 3.05) is 0 Å². The predicted octanol–water partition coefficient (Wildman–Crippen LogP) is 4.48. The topological polar surface area (TPSA) is 37.3 Å². The minimum Gasteiger partial charge on any atom is -0.481 e. The quantitative estimate of drug-likeness (QED) is 0.800. The monoisotopic (exact) mass is 252 g/mol. The summed E-state index contributed by atoms with van der Waals surface area (Å²) < 4.78 is 0. The van der Waals surface area contributed by atoms with E-state index in [4.69, 9.17) is 0 Å². The predicted molar refractivity (Wildman–Crippen MR) is 73.4 cm³/mol. The summed E-state index contributed by atoms with van der Waals surface area (Å²) in [6.07, 6.45) is 10.2. The van der Waals surface area contributed by atoms with Crippen molar-refractivity contribution in [1.29, 1.82) is 0 Å². The summed E-state index contributed by atoms with van der Waals surface area (Å²) in [5, 5.41) is 9.67. The SMILES string of the molecule is CC(C)C1CCC(CC2CCCC2)(C(=O)O)CC1. The molecule has 2 heteroatoms. The van der Waals surface area contributed by atoms with E-state index in [1.54, 1.807) is 0 Å². The number of carbonyl (C=O) groups is 1. The van der Waals surface area contributed by atoms with Crippen LogP contribution < -0.4 is 0 Å². The molecule has 0 saturated heterocycles. The highest BCUT2D eigenvalue weighted by molar-refractivity contribution is 5.74. The highest BCUT2D eigenvalue weighted by atomic mass is 16.4. The Morgan fingerprint density at radius 1 is 1.17 bits per heavy atom. The maximum absolute atomic E-state index is 11.7. The highest BCUT2D eigenvalue weighted by Gasteiger charge is 2.43. The van der Waals surface area contributed by atoms with E-state index in [9.17, 15) is 9.90 Å². The molecule has 0 heterocycles. The van der Waals surface area contributed by atoms with Crippen LogP contribution in [0, 0.1) is 23.2 Å². The van der Waals surface area contributed by atoms with Crippen LogP contribution in [-0.2, 0) is 4.79 Å². The molecule has 2 rings (SSSR count). The molecule has 0 unspecified atom stereocenters. The van der Waals surface area contributed by atoms with Crippen LogP contribution in [0.2, 0.25) is 0 Å². The molecule has 0 aromatic carbocycles. The molecule has 2 fully saturated rings. The molecule has 2 saturated carbocycles. The first-order valence-electron chi connectivity index (χ1n) is 7.77. The van der Waals surface area contributed by atoms with Gasteiger partial charge in [-0.05, 0) is 49.9 Å². The average molecular weight is 252 g/mol. The third kappa shape index (κ3) is 2.89. The number of aliphatic carboxylic acids is 1. The number of hydrogen-bond donors (Lipinski definition) is 1. The van der Waals surface area contributed by atoms with Crippen LogP contribution in [0.15, 0.2) is 0 Å². The van der Waals surface area contributed by atoms with Gasteiger partial charge in [-0.1, -0.05) is 39.5 Å². The fourth-order valence-corrected chi connectivity index (χ4v) is 4.13. The van der Waals surface area contributed by atoms with Gasteiger partial charge in [-0.25, -0.2) is 0 Å². The Bertz CT molecular complexity index is 281. The molecule has 2 aliphatic rings. The van der Waals surface area contributed by atoms with Crippen molar-refractivity contribution in [2.24, 2.45) is 23.2 Å². The number of rotatable bonds is 4. The van der Waals surface area contributed by atoms with Crippen molar-refractivity contribution in [3.63, 3.8) is 0 Å². The minimum atomic E-state index is -0.517. The summed E-state index contributed by atoms with van der Waals surface area (Å²) in [5.41, 5.74) is -0.375. The molecular formula is C16H28O2. The smallest absolute Gasteiger partial charge is 0.309 e. The Labute approximate surface area is 111 Å². The molecule has 0 atom stereocenters. The highest BCUT2D eigenvalue weighted by Crippen LogP contribution is 2.47. The average Bonchev–Trinajstić information content (AvgIpc) is 2.82. The summed E-state index contributed by atoms with van der Waals surface area (Å²) in [5.74, 6) is 1.64. The molecule has 1 N–H and O–H groups in total. The van der Waals surface area contributed by atoms with Crippen LogP contribution in [-0.4, -0.2) is 11.1 Å². The maximum Gasteiger partial charge on any atom is 0.309 e. The molecule has 2 aliphatic carbocycles. The zero-order valence-electron chi connectivity index (χ0n) is 12.0. The third-order valence-electron chi connectivity index (χ3n) is 5.54. The molecule has 18 heavy (non-hydrogen) atoms. The first-order valence-corrected chi connectivity index (χ1v) is 7.77. The lowest BCUT2D eigenvalue weighted by molar-refractivity contribution is -0.153. The lowest BCUT2D eigenvalue weighted by Crippen LogP contribution is -2.37. The molecular weight excluding hydrogens is 224 g/mol. The van der Waals surface area contributed by atoms with Gasteiger partial charge in [0, 0.05) is 0 Å². The fraction of sp³-hybridized carbons (Fsp3) is 0.938. The minimum absolute atomic E-state index is 0.375. The Morgan fingerprint density at radius 3 is 2.17 bits per heavy atom. The van der Waals surface area contributed by atoms with Crippen molar-refractivity contribution in [1.82, 2.24) is 0 Å². The summed E-state index contributed by atoms with van der Waals surface area (Å²) in [6.45, 7) is 4.55. The lowest BCUT2D eigenvalue weighted by Gasteiger charge is -2.39. The van der Waals surface area contributed by atoms with Gasteiger partial charge in [-0.3, -0.25) is 4.79 Å². The van der Waals surface area contributed by atoms with Gasteiger partial charge in [0.2, 0.25) is 0 Å². The first kappa shape index (κ1) is 13.9. The van der Waals surface area contributed by atoms with Crippen LogP contribution in [0.4, 0.5) is 0 Å². The number of hydrogen-bond acceptors (Lipinski definition) is 1. The van der Waals surface area contributed by atoms with Crippen molar-refractivity contribution in [3.05, 3.63) is 0 Å². The van der Waals surface area contributed by atoms with Gasteiger partial charge >= 0.3 is 5.97 Å². The van der Waals surface area contributed by atoms with Crippen molar-refractivity contribution in [2.45, 2.75) is 71.6 Å². The third-order valence-corrected chi connectivity index (χ3v) is 5.54. The van der Waals surface area contributed by atoms with Crippen LogP contribution >= 0.6 is 0 Å². The van der Waals surface area contributed by atoms with Crippen molar-refractivity contribution in [3.8, 4) is 0 Å². The van der Waals surface area contributed by atoms with Gasteiger partial charge in [-0.2, -0.15) is 0 Å². The first-order chi connectivity index (χ1) is 8.53. The zero-order chi connectivity index (χ0) is 13.2. The zero-order valence-corrected chi connectivity index (χ0v) is 12.0. The molecule has 104 valence electrons. The van der Waals surface area contributed by atoms with E-state index in [2.05, 4.69) is 13.8 Å². The fourth-order valence-electron chi connectivity index (χ4n) is 4.13. The van der Waals surface area contributed by atoms with Crippen LogP contribution in [0.1, 0.15) is 71.6 Å². The van der Waals surface area contributed by atoms with E-state index >= 15 is 0 Å². The van der Waals surface area contributed by atoms with Gasteiger partial charge in [0.15, 0.2) is 0 Å². The molecule has 2 nitrogen and oxygen atoms in total. The van der Waals surface area contributed by atoms with E-state index in [0.717, 1.165) is 38.0 Å². The van der Waals surface area contributed by atoms with Crippen LogP contribution in [0.3, 0.4) is 0 Å². The molecule has 0 amide bonds. The van der Waals surface area contributed by atoms with Crippen molar-refractivity contribution < 1.29 is 9.90 Å². The Hall–Kier alpha value is -0.530. The second kappa shape index (κ2) is 5.63. The van der Waals surface area contributed by atoms with E-state index < -0.39 is 5.97 Å². The van der Waals surface area contributed by atoms with Gasteiger partial charge in [0.25, 0.3) is 0 Å².